The van der Waals surface area contributed by atoms with Crippen LogP contribution in [0.25, 0.3) is 0 Å². The molecule has 0 saturated heterocycles. The molecule has 5 heteroatoms. The number of aryl methyl sites for hydroxylation is 2. The number of carboxylic acids is 1. The van der Waals surface area contributed by atoms with Gasteiger partial charge >= 0.3 is 5.97 Å². The maximum Gasteiger partial charge on any atom is 0.341 e. The lowest BCUT2D eigenvalue weighted by molar-refractivity contribution is 0.0697. The van der Waals surface area contributed by atoms with E-state index in [1.54, 1.807) is 18.7 Å². The van der Waals surface area contributed by atoms with Crippen LogP contribution in [0, 0.1) is 6.92 Å². The number of rotatable bonds is 3. The Kier molecular flexibility index (Phi) is 3.06. The Bertz CT molecular complexity index is 575. The summed E-state index contributed by atoms with van der Waals surface area (Å²) in [6.07, 6.45) is 0. The molecule has 2 rings (SSSR count). The summed E-state index contributed by atoms with van der Waals surface area (Å²) in [4.78, 5) is 13.1. The van der Waals surface area contributed by atoms with Crippen LogP contribution in [0.2, 0.25) is 0 Å². The number of carboxylic acid groups (broad SMARTS) is 1. The summed E-state index contributed by atoms with van der Waals surface area (Å²) in [5.74, 6) is -0.385. The second-order valence-electron chi connectivity index (χ2n) is 4.11. The van der Waals surface area contributed by atoms with Gasteiger partial charge in [0.25, 0.3) is 0 Å². The Morgan fingerprint density at radius 1 is 1.33 bits per heavy atom. The van der Waals surface area contributed by atoms with E-state index in [1.165, 1.54) is 0 Å². The van der Waals surface area contributed by atoms with Gasteiger partial charge in [-0.15, -0.1) is 0 Å². The van der Waals surface area contributed by atoms with Gasteiger partial charge in [-0.25, -0.2) is 4.79 Å². The molecule has 0 bridgehead atoms. The topological polar surface area (TPSA) is 58.4 Å². The molecule has 0 aliphatic heterocycles. The predicted octanol–water partition coefficient (Wildman–Crippen LogP) is 2.19. The van der Waals surface area contributed by atoms with Crippen molar-refractivity contribution in [1.82, 2.24) is 9.78 Å². The first-order valence-corrected chi connectivity index (χ1v) is 5.58. The molecule has 94 valence electrons. The van der Waals surface area contributed by atoms with Crippen molar-refractivity contribution in [3.05, 3.63) is 41.6 Å². The highest BCUT2D eigenvalue weighted by atomic mass is 16.4. The summed E-state index contributed by atoms with van der Waals surface area (Å²) < 4.78 is 1.59. The van der Waals surface area contributed by atoms with Crippen LogP contribution in [0.1, 0.15) is 16.1 Å². The van der Waals surface area contributed by atoms with E-state index in [1.807, 2.05) is 42.3 Å². The van der Waals surface area contributed by atoms with Gasteiger partial charge in [0.1, 0.15) is 11.4 Å². The van der Waals surface area contributed by atoms with E-state index in [0.29, 0.717) is 11.5 Å². The second-order valence-corrected chi connectivity index (χ2v) is 4.11. The van der Waals surface area contributed by atoms with Crippen molar-refractivity contribution in [2.75, 3.05) is 11.9 Å². The Morgan fingerprint density at radius 3 is 2.50 bits per heavy atom. The van der Waals surface area contributed by atoms with E-state index < -0.39 is 5.97 Å². The number of carbonyl (C=O) groups is 1. The largest absolute Gasteiger partial charge is 0.477 e. The normalized spacial score (nSPS) is 10.4. The van der Waals surface area contributed by atoms with Crippen molar-refractivity contribution in [3.63, 3.8) is 0 Å². The Hall–Kier alpha value is -2.30. The molecule has 1 heterocycles. The van der Waals surface area contributed by atoms with Crippen LogP contribution in [-0.2, 0) is 7.05 Å². The number of para-hydroxylation sites is 1. The van der Waals surface area contributed by atoms with E-state index in [-0.39, 0.29) is 5.56 Å². The van der Waals surface area contributed by atoms with Crippen molar-refractivity contribution in [2.24, 2.45) is 7.05 Å². The fourth-order valence-electron chi connectivity index (χ4n) is 2.06. The molecule has 1 N–H and O–H groups in total. The van der Waals surface area contributed by atoms with E-state index >= 15 is 0 Å². The molecule has 0 radical (unpaired) electrons. The SMILES string of the molecule is Cc1nn(C)c(N(C)c2ccccc2)c1C(=O)O. The summed E-state index contributed by atoms with van der Waals surface area (Å²) in [7, 11) is 3.58. The molecule has 0 saturated carbocycles. The molecule has 0 atom stereocenters. The third-order valence-electron chi connectivity index (χ3n) is 2.87. The molecule has 0 aliphatic carbocycles. The van der Waals surface area contributed by atoms with Crippen molar-refractivity contribution in [2.45, 2.75) is 6.92 Å². The number of aromatic carboxylic acids is 1. The minimum absolute atomic E-state index is 0.240. The lowest BCUT2D eigenvalue weighted by atomic mass is 10.2. The van der Waals surface area contributed by atoms with Crippen molar-refractivity contribution < 1.29 is 9.90 Å². The Labute approximate surface area is 105 Å². The van der Waals surface area contributed by atoms with Gasteiger partial charge in [-0.2, -0.15) is 5.10 Å². The average Bonchev–Trinajstić information content (AvgIpc) is 2.64. The van der Waals surface area contributed by atoms with Gasteiger partial charge in [0.2, 0.25) is 0 Å². The van der Waals surface area contributed by atoms with Gasteiger partial charge in [-0.3, -0.25) is 4.68 Å². The smallest absolute Gasteiger partial charge is 0.341 e. The van der Waals surface area contributed by atoms with Gasteiger partial charge in [0.15, 0.2) is 0 Å². The molecule has 1 aromatic heterocycles. The summed E-state index contributed by atoms with van der Waals surface area (Å²) in [6.45, 7) is 1.70. The van der Waals surface area contributed by atoms with Gasteiger partial charge in [0, 0.05) is 19.8 Å². The first-order valence-electron chi connectivity index (χ1n) is 5.58. The van der Waals surface area contributed by atoms with Crippen LogP contribution in [-0.4, -0.2) is 27.9 Å². The summed E-state index contributed by atoms with van der Waals surface area (Å²) >= 11 is 0. The monoisotopic (exact) mass is 245 g/mol. The van der Waals surface area contributed by atoms with Crippen molar-refractivity contribution in [1.29, 1.82) is 0 Å². The number of benzene rings is 1. The molecule has 2 aromatic rings. The van der Waals surface area contributed by atoms with Gasteiger partial charge in [-0.1, -0.05) is 18.2 Å². The minimum Gasteiger partial charge on any atom is -0.477 e. The first kappa shape index (κ1) is 12.2. The van der Waals surface area contributed by atoms with Crippen LogP contribution < -0.4 is 4.90 Å². The molecule has 1 aromatic carbocycles. The highest BCUT2D eigenvalue weighted by Crippen LogP contribution is 2.28. The molecule has 0 unspecified atom stereocenters. The summed E-state index contributed by atoms with van der Waals surface area (Å²) in [5, 5.41) is 13.4. The van der Waals surface area contributed by atoms with Crippen LogP contribution in [0.5, 0.6) is 0 Å². The molecule has 0 fully saturated rings. The zero-order valence-corrected chi connectivity index (χ0v) is 10.6. The van der Waals surface area contributed by atoms with Crippen LogP contribution in [0.3, 0.4) is 0 Å². The van der Waals surface area contributed by atoms with Crippen molar-refractivity contribution in [3.8, 4) is 0 Å². The number of aromatic nitrogens is 2. The van der Waals surface area contributed by atoms with Gasteiger partial charge < -0.3 is 10.0 Å². The average molecular weight is 245 g/mol. The molecule has 0 amide bonds. The summed E-state index contributed by atoms with van der Waals surface area (Å²) in [6, 6.07) is 9.59. The molecular formula is C13H15N3O2. The minimum atomic E-state index is -0.960. The van der Waals surface area contributed by atoms with E-state index in [0.717, 1.165) is 5.69 Å². The van der Waals surface area contributed by atoms with Crippen LogP contribution in [0.15, 0.2) is 30.3 Å². The maximum atomic E-state index is 11.3. The molecule has 5 nitrogen and oxygen atoms in total. The number of hydrogen-bond acceptors (Lipinski definition) is 3. The van der Waals surface area contributed by atoms with Crippen LogP contribution in [0.4, 0.5) is 11.5 Å². The van der Waals surface area contributed by atoms with E-state index in [9.17, 15) is 9.90 Å². The first-order chi connectivity index (χ1) is 8.52. The van der Waals surface area contributed by atoms with E-state index in [2.05, 4.69) is 5.10 Å². The lowest BCUT2D eigenvalue weighted by Gasteiger charge is -2.20. The summed E-state index contributed by atoms with van der Waals surface area (Å²) in [5.41, 5.74) is 1.68. The number of hydrogen-bond donors (Lipinski definition) is 1. The van der Waals surface area contributed by atoms with Crippen LogP contribution >= 0.6 is 0 Å². The highest BCUT2D eigenvalue weighted by Gasteiger charge is 2.22. The van der Waals surface area contributed by atoms with E-state index in [4.69, 9.17) is 0 Å². The standard InChI is InChI=1S/C13H15N3O2/c1-9-11(13(17)18)12(16(3)14-9)15(2)10-7-5-4-6-8-10/h4-8H,1-3H3,(H,17,18). The van der Waals surface area contributed by atoms with Gasteiger partial charge in [-0.05, 0) is 19.1 Å². The third-order valence-corrected chi connectivity index (χ3v) is 2.87. The Balaban J connectivity index is 2.55. The fourth-order valence-corrected chi connectivity index (χ4v) is 2.06. The zero-order valence-electron chi connectivity index (χ0n) is 10.6. The zero-order chi connectivity index (χ0) is 13.3. The molecule has 0 aliphatic rings. The third kappa shape index (κ3) is 1.95. The number of nitrogens with zero attached hydrogens (tertiary/aromatic N) is 3. The van der Waals surface area contributed by atoms with Crippen molar-refractivity contribution >= 4 is 17.5 Å². The molecule has 0 spiro atoms. The lowest BCUT2D eigenvalue weighted by Crippen LogP contribution is -2.16. The molecule has 18 heavy (non-hydrogen) atoms. The maximum absolute atomic E-state index is 11.3. The number of anilines is 2. The second kappa shape index (κ2) is 4.52. The highest BCUT2D eigenvalue weighted by molar-refractivity contribution is 5.95. The Morgan fingerprint density at radius 2 is 1.94 bits per heavy atom. The quantitative estimate of drug-likeness (QED) is 0.900. The van der Waals surface area contributed by atoms with Gasteiger partial charge in [0.05, 0.1) is 5.69 Å². The predicted molar refractivity (Wildman–Crippen MR) is 69.4 cm³/mol. The molecular weight excluding hydrogens is 230 g/mol. The fraction of sp³-hybridized carbons (Fsp3) is 0.231.